The van der Waals surface area contributed by atoms with Crippen LogP contribution in [-0.2, 0) is 21.6 Å². The summed E-state index contributed by atoms with van der Waals surface area (Å²) in [7, 11) is -5.39. The molecule has 0 amide bonds. The molecule has 10 heavy (non-hydrogen) atoms. The standard InChI is InChI=1S/C2H8N2.Fe.H3O4P/c3-1-2-4;;1-5(2,3)4/h1-4H2;;(H3,1,2,3,4)/q;+3;/p-3. The Bertz CT molecular complexity index is 85.0. The minimum absolute atomic E-state index is 0. The van der Waals surface area contributed by atoms with E-state index < -0.39 is 7.82 Å². The minimum atomic E-state index is -5.39. The molecule has 4 N–H and O–H groups in total. The SMILES string of the molecule is NCCN.O=P([O-])([O-])[O-].[Fe+3]. The third-order valence-electron chi connectivity index (χ3n) is 0.167. The molecule has 0 aliphatic carbocycles. The van der Waals surface area contributed by atoms with Crippen LogP contribution in [0.15, 0.2) is 0 Å². The Morgan fingerprint density at radius 3 is 1.20 bits per heavy atom. The average molecular weight is 211 g/mol. The van der Waals surface area contributed by atoms with Crippen LogP contribution in [0.1, 0.15) is 0 Å². The van der Waals surface area contributed by atoms with Gasteiger partial charge in [0.25, 0.3) is 0 Å². The normalized spacial score (nSPS) is 8.90. The second-order valence-electron chi connectivity index (χ2n) is 1.02. The molecule has 0 atom stereocenters. The Morgan fingerprint density at radius 1 is 1.10 bits per heavy atom. The average Bonchev–Trinajstić information content (AvgIpc) is 1.61. The summed E-state index contributed by atoms with van der Waals surface area (Å²) < 4.78 is 8.55. The van der Waals surface area contributed by atoms with E-state index in [2.05, 4.69) is 0 Å². The van der Waals surface area contributed by atoms with Crippen LogP contribution < -0.4 is 26.1 Å². The smallest absolute Gasteiger partial charge is 0.822 e. The van der Waals surface area contributed by atoms with Gasteiger partial charge >= 0.3 is 17.1 Å². The zero-order valence-corrected chi connectivity index (χ0v) is 7.00. The summed E-state index contributed by atoms with van der Waals surface area (Å²) in [6, 6.07) is 0. The molecular formula is C2H8FeN2O4P. The van der Waals surface area contributed by atoms with E-state index in [9.17, 15) is 0 Å². The van der Waals surface area contributed by atoms with Gasteiger partial charge in [0, 0.05) is 13.1 Å². The van der Waals surface area contributed by atoms with Gasteiger partial charge in [-0.1, -0.05) is 0 Å². The van der Waals surface area contributed by atoms with Crippen LogP contribution in [0.3, 0.4) is 0 Å². The van der Waals surface area contributed by atoms with E-state index >= 15 is 0 Å². The van der Waals surface area contributed by atoms with E-state index in [4.69, 9.17) is 30.7 Å². The van der Waals surface area contributed by atoms with Crippen molar-refractivity contribution in [2.24, 2.45) is 11.5 Å². The third-order valence-corrected chi connectivity index (χ3v) is 0.167. The summed E-state index contributed by atoms with van der Waals surface area (Å²) in [5, 5.41) is 0. The molecule has 0 spiro atoms. The molecule has 6 nitrogen and oxygen atoms in total. The van der Waals surface area contributed by atoms with Gasteiger partial charge in [-0.2, -0.15) is 7.82 Å². The first-order chi connectivity index (χ1) is 3.91. The Morgan fingerprint density at radius 2 is 1.20 bits per heavy atom. The fourth-order valence-corrected chi connectivity index (χ4v) is 0. The molecule has 0 unspecified atom stereocenters. The van der Waals surface area contributed by atoms with Gasteiger partial charge < -0.3 is 30.7 Å². The Hall–Kier alpha value is 0.549. The summed E-state index contributed by atoms with van der Waals surface area (Å²) in [5.41, 5.74) is 9.81. The Kier molecular flexibility index (Phi) is 16.1. The zero-order chi connectivity index (χ0) is 7.91. The molecule has 0 rings (SSSR count). The van der Waals surface area contributed by atoms with Gasteiger partial charge in [-0.25, -0.2) is 0 Å². The molecule has 0 fully saturated rings. The van der Waals surface area contributed by atoms with Crippen molar-refractivity contribution in [1.82, 2.24) is 0 Å². The fraction of sp³-hybridized carbons (Fsp3) is 1.00. The molecule has 8 heteroatoms. The van der Waals surface area contributed by atoms with Crippen molar-refractivity contribution >= 4 is 7.82 Å². The number of hydrogen-bond acceptors (Lipinski definition) is 6. The van der Waals surface area contributed by atoms with E-state index in [1.807, 2.05) is 0 Å². The summed E-state index contributed by atoms with van der Waals surface area (Å²) in [5.74, 6) is 0. The quantitative estimate of drug-likeness (QED) is 0.335. The van der Waals surface area contributed by atoms with E-state index in [-0.39, 0.29) is 17.1 Å². The van der Waals surface area contributed by atoms with Gasteiger partial charge in [0.05, 0.1) is 0 Å². The van der Waals surface area contributed by atoms with Crippen LogP contribution in [0.5, 0.6) is 0 Å². The van der Waals surface area contributed by atoms with Crippen molar-refractivity contribution in [3.05, 3.63) is 0 Å². The van der Waals surface area contributed by atoms with E-state index in [0.29, 0.717) is 13.1 Å². The molecule has 0 bridgehead atoms. The monoisotopic (exact) mass is 211 g/mol. The summed E-state index contributed by atoms with van der Waals surface area (Å²) in [6.45, 7) is 1.19. The van der Waals surface area contributed by atoms with Gasteiger partial charge in [-0.15, -0.1) is 0 Å². The molecule has 0 saturated heterocycles. The largest absolute Gasteiger partial charge is 3.00 e. The van der Waals surface area contributed by atoms with Crippen LogP contribution in [0.4, 0.5) is 0 Å². The van der Waals surface area contributed by atoms with Crippen molar-refractivity contribution in [1.29, 1.82) is 0 Å². The molecule has 0 aliphatic heterocycles. The second-order valence-corrected chi connectivity index (χ2v) is 1.92. The molecular weight excluding hydrogens is 203 g/mol. The number of rotatable bonds is 1. The molecule has 0 saturated carbocycles. The molecule has 0 aromatic heterocycles. The van der Waals surface area contributed by atoms with Gasteiger partial charge in [-0.3, -0.25) is 0 Å². The Balaban J connectivity index is -0.0000000910. The van der Waals surface area contributed by atoms with Crippen molar-refractivity contribution in [3.8, 4) is 0 Å². The molecule has 0 aliphatic rings. The van der Waals surface area contributed by atoms with Crippen LogP contribution >= 0.6 is 7.82 Å². The molecule has 63 valence electrons. The van der Waals surface area contributed by atoms with Crippen LogP contribution in [0, 0.1) is 0 Å². The zero-order valence-electron chi connectivity index (χ0n) is 5.00. The molecule has 0 heterocycles. The number of nitrogens with two attached hydrogens (primary N) is 2. The first kappa shape index (κ1) is 16.9. The molecule has 0 aromatic rings. The van der Waals surface area contributed by atoms with Crippen LogP contribution in [0.2, 0.25) is 0 Å². The maximum absolute atomic E-state index is 8.55. The van der Waals surface area contributed by atoms with E-state index in [1.165, 1.54) is 0 Å². The van der Waals surface area contributed by atoms with E-state index in [1.54, 1.807) is 0 Å². The Labute approximate surface area is 69.3 Å². The fourth-order valence-electron chi connectivity index (χ4n) is 0. The molecule has 0 aromatic carbocycles. The third kappa shape index (κ3) is 203. The van der Waals surface area contributed by atoms with Gasteiger partial charge in [0.15, 0.2) is 0 Å². The first-order valence-corrected chi connectivity index (χ1v) is 3.51. The van der Waals surface area contributed by atoms with Gasteiger partial charge in [0.1, 0.15) is 0 Å². The van der Waals surface area contributed by atoms with Gasteiger partial charge in [0.2, 0.25) is 0 Å². The first-order valence-electron chi connectivity index (χ1n) is 2.05. The van der Waals surface area contributed by atoms with Crippen molar-refractivity contribution in [2.45, 2.75) is 0 Å². The van der Waals surface area contributed by atoms with Crippen molar-refractivity contribution in [3.63, 3.8) is 0 Å². The van der Waals surface area contributed by atoms with E-state index in [0.717, 1.165) is 0 Å². The summed E-state index contributed by atoms with van der Waals surface area (Å²) in [6.07, 6.45) is 0. The number of hydrogen-bond donors (Lipinski definition) is 2. The molecule has 1 radical (unpaired) electrons. The predicted octanol–water partition coefficient (Wildman–Crippen LogP) is -3.92. The predicted molar refractivity (Wildman–Crippen MR) is 25.7 cm³/mol. The van der Waals surface area contributed by atoms with Crippen LogP contribution in [-0.4, -0.2) is 13.1 Å². The summed E-state index contributed by atoms with van der Waals surface area (Å²) in [4.78, 5) is 25.6. The maximum atomic E-state index is 8.55. The van der Waals surface area contributed by atoms with Gasteiger partial charge in [-0.05, 0) is 0 Å². The summed E-state index contributed by atoms with van der Waals surface area (Å²) >= 11 is 0. The minimum Gasteiger partial charge on any atom is -0.822 e. The number of phosphoric acid groups is 1. The topological polar surface area (TPSA) is 138 Å². The second kappa shape index (κ2) is 9.55. The maximum Gasteiger partial charge on any atom is 3.00 e. The van der Waals surface area contributed by atoms with Crippen LogP contribution in [0.25, 0.3) is 0 Å². The van der Waals surface area contributed by atoms with Crippen molar-refractivity contribution < 1.29 is 36.3 Å². The van der Waals surface area contributed by atoms with Crippen molar-refractivity contribution in [2.75, 3.05) is 13.1 Å².